The highest BCUT2D eigenvalue weighted by Gasteiger charge is 2.02. The molecule has 0 aliphatic carbocycles. The zero-order valence-corrected chi connectivity index (χ0v) is 10.7. The molecule has 0 radical (unpaired) electrons. The van der Waals surface area contributed by atoms with E-state index in [1.807, 2.05) is 0 Å². The molecule has 0 heterocycles. The van der Waals surface area contributed by atoms with E-state index in [1.54, 1.807) is 0 Å². The van der Waals surface area contributed by atoms with E-state index in [2.05, 4.69) is 21.1 Å². The van der Waals surface area contributed by atoms with Crippen molar-refractivity contribution >= 4 is 7.32 Å². The van der Waals surface area contributed by atoms with Gasteiger partial charge in [-0.1, -0.05) is 0 Å². The van der Waals surface area contributed by atoms with Crippen molar-refractivity contribution in [3.8, 4) is 0 Å². The number of quaternary nitrogens is 1. The molecule has 7 nitrogen and oxygen atoms in total. The van der Waals surface area contributed by atoms with Gasteiger partial charge in [0.2, 0.25) is 0 Å². The van der Waals surface area contributed by atoms with Crippen molar-refractivity contribution in [3.63, 3.8) is 0 Å². The maximum absolute atomic E-state index is 8.39. The first-order chi connectivity index (χ1) is 6.71. The highest BCUT2D eigenvalue weighted by atomic mass is 35.5. The molecule has 0 unspecified atom stereocenters. The molecular formula is C7H23BClNO6. The van der Waals surface area contributed by atoms with Crippen molar-refractivity contribution in [1.29, 1.82) is 0 Å². The molecule has 0 aliphatic heterocycles. The number of aliphatic hydroxyl groups is 3. The summed E-state index contributed by atoms with van der Waals surface area (Å²) in [5.74, 6) is 0. The molecule has 0 rings (SSSR count). The molecule has 0 spiro atoms. The first-order valence-corrected chi connectivity index (χ1v) is 4.38. The fourth-order valence-electron chi connectivity index (χ4n) is 0.300. The van der Waals surface area contributed by atoms with Crippen LogP contribution < -0.4 is 12.4 Å². The average molecular weight is 264 g/mol. The van der Waals surface area contributed by atoms with Crippen LogP contribution in [0.25, 0.3) is 0 Å². The smallest absolute Gasteiger partial charge is 0.631 e. The van der Waals surface area contributed by atoms with E-state index in [1.165, 1.54) is 0 Å². The molecule has 0 saturated heterocycles. The van der Waals surface area contributed by atoms with E-state index in [0.29, 0.717) is 0 Å². The number of halogens is 1. The maximum atomic E-state index is 8.39. The fourth-order valence-corrected chi connectivity index (χ4v) is 0.300. The first kappa shape index (κ1) is 25.1. The van der Waals surface area contributed by atoms with Crippen molar-refractivity contribution < 1.29 is 47.3 Å². The van der Waals surface area contributed by atoms with E-state index >= 15 is 0 Å². The number of likely N-dealkylation sites (N-methyl/N-ethyl adjacent to an activating group) is 1. The highest BCUT2D eigenvalue weighted by Crippen LogP contribution is 1.84. The second-order valence-electron chi connectivity index (χ2n) is 3.53. The Kier molecular flexibility index (Phi) is 27.4. The quantitative estimate of drug-likeness (QED) is 0.222. The maximum Gasteiger partial charge on any atom is 0.631 e. The van der Waals surface area contributed by atoms with Crippen LogP contribution in [0.15, 0.2) is 0 Å². The lowest BCUT2D eigenvalue weighted by molar-refractivity contribution is -0.870. The van der Waals surface area contributed by atoms with Crippen molar-refractivity contribution in [2.45, 2.75) is 0 Å². The van der Waals surface area contributed by atoms with Gasteiger partial charge < -0.3 is 47.3 Å². The molecule has 0 fully saturated rings. The van der Waals surface area contributed by atoms with Crippen molar-refractivity contribution in [2.24, 2.45) is 0 Å². The molecular weight excluding hydrogens is 240 g/mol. The molecule has 16 heavy (non-hydrogen) atoms. The Bertz CT molecular complexity index is 109. The lowest BCUT2D eigenvalue weighted by Crippen LogP contribution is -3.00. The van der Waals surface area contributed by atoms with Crippen molar-refractivity contribution in [1.82, 2.24) is 0 Å². The van der Waals surface area contributed by atoms with Gasteiger partial charge in [0.05, 0.1) is 41.0 Å². The molecule has 0 amide bonds. The second-order valence-corrected chi connectivity index (χ2v) is 3.53. The number of rotatable bonds is 3. The van der Waals surface area contributed by atoms with Gasteiger partial charge in [-0.3, -0.25) is 0 Å². The average Bonchev–Trinajstić information content (AvgIpc) is 2.01. The Morgan fingerprint density at radius 3 is 1.06 bits per heavy atom. The van der Waals surface area contributed by atoms with Crippen LogP contribution in [0.2, 0.25) is 0 Å². The van der Waals surface area contributed by atoms with Crippen molar-refractivity contribution in [2.75, 3.05) is 47.5 Å². The zero-order valence-electron chi connectivity index (χ0n) is 9.91. The minimum Gasteiger partial charge on any atom is -1.00 e. The summed E-state index contributed by atoms with van der Waals surface area (Å²) in [4.78, 5) is 0. The molecule has 9 heteroatoms. The van der Waals surface area contributed by atoms with Gasteiger partial charge >= 0.3 is 7.32 Å². The first-order valence-electron chi connectivity index (χ1n) is 4.38. The van der Waals surface area contributed by atoms with Crippen LogP contribution >= 0.6 is 0 Å². The minimum atomic E-state index is -2.17. The van der Waals surface area contributed by atoms with Crippen LogP contribution in [0.5, 0.6) is 0 Å². The molecule has 0 aromatic rings. The van der Waals surface area contributed by atoms with Crippen LogP contribution in [-0.2, 0) is 0 Å². The molecule has 6 N–H and O–H groups in total. The largest absolute Gasteiger partial charge is 1.00 e. The molecule has 0 saturated carbocycles. The van der Waals surface area contributed by atoms with Gasteiger partial charge in [0, 0.05) is 0 Å². The lowest BCUT2D eigenvalue weighted by Gasteiger charge is -2.21. The number of nitrogens with zero attached hydrogens (tertiary/aromatic N) is 1. The summed E-state index contributed by atoms with van der Waals surface area (Å²) in [5.41, 5.74) is 0. The monoisotopic (exact) mass is 263 g/mol. The van der Waals surface area contributed by atoms with Gasteiger partial charge in [-0.2, -0.15) is 0 Å². The van der Waals surface area contributed by atoms with Gasteiger partial charge in [0.1, 0.15) is 6.54 Å². The molecule has 0 aromatic heterocycles. The van der Waals surface area contributed by atoms with E-state index in [4.69, 9.17) is 30.4 Å². The van der Waals surface area contributed by atoms with Gasteiger partial charge in [0.15, 0.2) is 0 Å². The number of hydrogen-bond acceptors (Lipinski definition) is 6. The van der Waals surface area contributed by atoms with Crippen LogP contribution in [0, 0.1) is 0 Å². The predicted octanol–water partition coefficient (Wildman–Crippen LogP) is -6.39. The lowest BCUT2D eigenvalue weighted by atomic mass is 10.3. The Balaban J connectivity index is -0.0000000700. The van der Waals surface area contributed by atoms with Crippen LogP contribution in [0.3, 0.4) is 0 Å². The van der Waals surface area contributed by atoms with Gasteiger partial charge in [0.25, 0.3) is 0 Å². The predicted molar refractivity (Wildman–Crippen MR) is 56.6 cm³/mol. The Labute approximate surface area is 103 Å². The van der Waals surface area contributed by atoms with E-state index in [0.717, 1.165) is 11.0 Å². The molecule has 0 aliphatic rings. The van der Waals surface area contributed by atoms with E-state index < -0.39 is 7.32 Å². The second kappa shape index (κ2) is 17.5. The Morgan fingerprint density at radius 1 is 0.812 bits per heavy atom. The molecule has 0 bridgehead atoms. The Morgan fingerprint density at radius 2 is 1.06 bits per heavy atom. The zero-order chi connectivity index (χ0) is 12.9. The third-order valence-electron chi connectivity index (χ3n) is 0.871. The van der Waals surface area contributed by atoms with Gasteiger partial charge in [-0.05, 0) is 0 Å². The third-order valence-corrected chi connectivity index (χ3v) is 0.871. The van der Waals surface area contributed by atoms with E-state index in [-0.39, 0.29) is 32.2 Å². The Hall–Kier alpha value is 0.0749. The standard InChI is InChI=1S/C5H14NO.C2H6O2.BH3O3.ClH/c1-6(2,3)4-5-7;3-1-2-4;2-1(3)4;/h7H,4-5H2,1-3H3;3-4H,1-2H2;2-4H;1H/q+1;;;/p-1. The molecule has 102 valence electrons. The summed E-state index contributed by atoms with van der Waals surface area (Å²) < 4.78 is 0.844. The minimum absolute atomic E-state index is 0. The summed E-state index contributed by atoms with van der Waals surface area (Å²) in [6.07, 6.45) is 0. The summed E-state index contributed by atoms with van der Waals surface area (Å²) in [7, 11) is 3.99. The summed E-state index contributed by atoms with van der Waals surface area (Å²) in [5, 5.41) is 45.1. The van der Waals surface area contributed by atoms with Crippen molar-refractivity contribution in [3.05, 3.63) is 0 Å². The SMILES string of the molecule is C[N+](C)(C)CCO.OB(O)O.OCCO.[Cl-]. The van der Waals surface area contributed by atoms with Crippen LogP contribution in [0.1, 0.15) is 0 Å². The summed E-state index contributed by atoms with van der Waals surface area (Å²) in [6.45, 7) is 0.865. The van der Waals surface area contributed by atoms with Crippen LogP contribution in [-0.4, -0.2) is 89.7 Å². The fraction of sp³-hybridized carbons (Fsp3) is 1.00. The summed E-state index contributed by atoms with van der Waals surface area (Å²) in [6, 6.07) is 0. The summed E-state index contributed by atoms with van der Waals surface area (Å²) >= 11 is 0. The third kappa shape index (κ3) is 93.4. The number of hydrogen-bond donors (Lipinski definition) is 6. The topological polar surface area (TPSA) is 121 Å². The van der Waals surface area contributed by atoms with Gasteiger partial charge in [-0.25, -0.2) is 0 Å². The normalized spacial score (nSPS) is 8.81. The van der Waals surface area contributed by atoms with Crippen LogP contribution in [0.4, 0.5) is 0 Å². The van der Waals surface area contributed by atoms with E-state index in [9.17, 15) is 0 Å². The highest BCUT2D eigenvalue weighted by molar-refractivity contribution is 6.30. The number of aliphatic hydroxyl groups excluding tert-OH is 3. The van der Waals surface area contributed by atoms with Gasteiger partial charge in [-0.15, -0.1) is 0 Å². The molecule has 0 atom stereocenters. The molecule has 0 aromatic carbocycles.